The van der Waals surface area contributed by atoms with E-state index in [1.807, 2.05) is 42.5 Å². The van der Waals surface area contributed by atoms with E-state index in [1.165, 1.54) is 94.6 Å². The number of esters is 1. The van der Waals surface area contributed by atoms with Crippen LogP contribution in [0, 0.1) is 5.92 Å². The van der Waals surface area contributed by atoms with Crippen LogP contribution in [-0.4, -0.2) is 12.6 Å². The van der Waals surface area contributed by atoms with E-state index in [-0.39, 0.29) is 12.6 Å². The van der Waals surface area contributed by atoms with Gasteiger partial charge in [-0.15, -0.1) is 0 Å². The summed E-state index contributed by atoms with van der Waals surface area (Å²) in [5.74, 6) is 1.87. The van der Waals surface area contributed by atoms with Crippen LogP contribution >= 0.6 is 0 Å². The Morgan fingerprint density at radius 3 is 2.07 bits per heavy atom. The number of hydrogen-bond donors (Lipinski definition) is 0. The first-order valence-corrected chi connectivity index (χ1v) is 16.9. The monoisotopic (exact) mass is 582 g/mol. The van der Waals surface area contributed by atoms with Gasteiger partial charge in [0.2, 0.25) is 0 Å². The minimum absolute atomic E-state index is 0.0767. The van der Waals surface area contributed by atoms with Gasteiger partial charge in [-0.1, -0.05) is 119 Å². The summed E-state index contributed by atoms with van der Waals surface area (Å²) in [5.41, 5.74) is 5.31. The van der Waals surface area contributed by atoms with Gasteiger partial charge in [0.15, 0.2) is 6.10 Å². The van der Waals surface area contributed by atoms with Gasteiger partial charge in [0.1, 0.15) is 13.2 Å². The summed E-state index contributed by atoms with van der Waals surface area (Å²) in [7, 11) is 0. The van der Waals surface area contributed by atoms with Crippen LogP contribution in [0.25, 0.3) is 0 Å². The molecule has 2 aliphatic rings. The van der Waals surface area contributed by atoms with E-state index in [9.17, 15) is 4.79 Å². The van der Waals surface area contributed by atoms with Gasteiger partial charge in [0.25, 0.3) is 0 Å². The fraction of sp³-hybridized carbons (Fsp3) is 0.513. The van der Waals surface area contributed by atoms with Gasteiger partial charge in [-0.3, -0.25) is 0 Å². The summed E-state index contributed by atoms with van der Waals surface area (Å²) in [6.45, 7) is 2.70. The maximum absolute atomic E-state index is 12.9. The number of hydrogen-bond acceptors (Lipinski definition) is 4. The first kappa shape index (κ1) is 31.5. The van der Waals surface area contributed by atoms with E-state index >= 15 is 0 Å². The fourth-order valence-corrected chi connectivity index (χ4v) is 6.95. The van der Waals surface area contributed by atoms with Crippen molar-refractivity contribution in [2.24, 2.45) is 5.92 Å². The van der Waals surface area contributed by atoms with Gasteiger partial charge >= 0.3 is 5.97 Å². The van der Waals surface area contributed by atoms with Crippen LogP contribution < -0.4 is 0 Å². The lowest BCUT2D eigenvalue weighted by Crippen LogP contribution is -2.16. The predicted octanol–water partition coefficient (Wildman–Crippen LogP) is 10.6. The average molecular weight is 583 g/mol. The van der Waals surface area contributed by atoms with E-state index in [4.69, 9.17) is 14.5 Å². The molecule has 0 saturated heterocycles. The SMILES string of the molecule is CCCCCC1CCC(c2ccc(COOC(COC(=O)c3ccc(C4CCCCC4)cc3)c3ccccc3)cc2)CC1. The number of ether oxygens (including phenoxy) is 1. The molecular weight excluding hydrogens is 532 g/mol. The Morgan fingerprint density at radius 1 is 0.744 bits per heavy atom. The zero-order chi connectivity index (χ0) is 29.7. The molecule has 5 rings (SSSR count). The predicted molar refractivity (Wildman–Crippen MR) is 173 cm³/mol. The van der Waals surface area contributed by atoms with Crippen molar-refractivity contribution in [1.82, 2.24) is 0 Å². The molecule has 0 amide bonds. The molecule has 2 saturated carbocycles. The molecule has 0 spiro atoms. The van der Waals surface area contributed by atoms with Gasteiger partial charge in [-0.05, 0) is 90.7 Å². The van der Waals surface area contributed by atoms with Crippen molar-refractivity contribution in [2.75, 3.05) is 6.61 Å². The van der Waals surface area contributed by atoms with Crippen LogP contribution in [-0.2, 0) is 21.1 Å². The molecule has 3 aromatic rings. The van der Waals surface area contributed by atoms with Crippen molar-refractivity contribution in [3.63, 3.8) is 0 Å². The van der Waals surface area contributed by atoms with Crippen LogP contribution in [0.2, 0.25) is 0 Å². The third-order valence-corrected chi connectivity index (χ3v) is 9.68. The second-order valence-corrected chi connectivity index (χ2v) is 12.8. The number of rotatable bonds is 14. The summed E-state index contributed by atoms with van der Waals surface area (Å²) in [4.78, 5) is 24.4. The van der Waals surface area contributed by atoms with Crippen LogP contribution in [0.5, 0.6) is 0 Å². The minimum atomic E-state index is -0.515. The van der Waals surface area contributed by atoms with Gasteiger partial charge in [-0.2, -0.15) is 0 Å². The first-order valence-electron chi connectivity index (χ1n) is 16.9. The Hall–Kier alpha value is -2.95. The van der Waals surface area contributed by atoms with Crippen molar-refractivity contribution in [2.45, 2.75) is 115 Å². The summed E-state index contributed by atoms with van der Waals surface area (Å²) in [6, 6.07) is 26.6. The molecule has 2 aliphatic carbocycles. The maximum Gasteiger partial charge on any atom is 0.338 e. The Morgan fingerprint density at radius 2 is 1.40 bits per heavy atom. The van der Waals surface area contributed by atoms with E-state index in [0.29, 0.717) is 24.0 Å². The fourth-order valence-electron chi connectivity index (χ4n) is 6.95. The van der Waals surface area contributed by atoms with Crippen molar-refractivity contribution in [1.29, 1.82) is 0 Å². The summed E-state index contributed by atoms with van der Waals surface area (Å²) < 4.78 is 5.71. The van der Waals surface area contributed by atoms with Crippen LogP contribution in [0.4, 0.5) is 0 Å². The topological polar surface area (TPSA) is 44.8 Å². The maximum atomic E-state index is 12.9. The molecular formula is C39H50O4. The molecule has 3 aromatic carbocycles. The summed E-state index contributed by atoms with van der Waals surface area (Å²) in [6.07, 6.45) is 16.7. The van der Waals surface area contributed by atoms with Crippen molar-refractivity contribution in [3.8, 4) is 0 Å². The van der Waals surface area contributed by atoms with Crippen LogP contribution in [0.15, 0.2) is 78.9 Å². The smallest absolute Gasteiger partial charge is 0.338 e. The number of carbonyl (C=O) groups is 1. The van der Waals surface area contributed by atoms with Crippen molar-refractivity contribution in [3.05, 3.63) is 107 Å². The molecule has 4 nitrogen and oxygen atoms in total. The average Bonchev–Trinajstić information content (AvgIpc) is 3.08. The quantitative estimate of drug-likeness (QED) is 0.0821. The Bertz CT molecular complexity index is 1210. The summed E-state index contributed by atoms with van der Waals surface area (Å²) >= 11 is 0. The molecule has 0 bridgehead atoms. The molecule has 0 aliphatic heterocycles. The molecule has 0 heterocycles. The molecule has 1 atom stereocenters. The lowest BCUT2D eigenvalue weighted by atomic mass is 9.77. The number of carbonyl (C=O) groups excluding carboxylic acids is 1. The normalized spacial score (nSPS) is 20.0. The van der Waals surface area contributed by atoms with Gasteiger partial charge in [0, 0.05) is 0 Å². The Labute approximate surface area is 259 Å². The van der Waals surface area contributed by atoms with E-state index in [2.05, 4.69) is 43.3 Å². The van der Waals surface area contributed by atoms with Gasteiger partial charge < -0.3 is 4.74 Å². The highest BCUT2D eigenvalue weighted by Crippen LogP contribution is 2.38. The lowest BCUT2D eigenvalue weighted by Gasteiger charge is -2.29. The number of benzene rings is 3. The Kier molecular flexibility index (Phi) is 12.3. The lowest BCUT2D eigenvalue weighted by molar-refractivity contribution is -0.340. The van der Waals surface area contributed by atoms with Crippen molar-refractivity contribution < 1.29 is 19.3 Å². The molecule has 230 valence electrons. The van der Waals surface area contributed by atoms with Gasteiger partial charge in [0.05, 0.1) is 5.56 Å². The molecule has 0 aromatic heterocycles. The zero-order valence-corrected chi connectivity index (χ0v) is 26.1. The highest BCUT2D eigenvalue weighted by atomic mass is 17.2. The molecule has 0 N–H and O–H groups in total. The molecule has 1 unspecified atom stereocenters. The largest absolute Gasteiger partial charge is 0.459 e. The molecule has 43 heavy (non-hydrogen) atoms. The second kappa shape index (κ2) is 16.8. The van der Waals surface area contributed by atoms with Gasteiger partial charge in [-0.25, -0.2) is 14.6 Å². The molecule has 4 heteroatoms. The van der Waals surface area contributed by atoms with Crippen LogP contribution in [0.1, 0.15) is 141 Å². The summed E-state index contributed by atoms with van der Waals surface area (Å²) in [5, 5.41) is 0. The van der Waals surface area contributed by atoms with E-state index in [0.717, 1.165) is 17.0 Å². The first-order chi connectivity index (χ1) is 21.2. The van der Waals surface area contributed by atoms with Crippen LogP contribution in [0.3, 0.4) is 0 Å². The zero-order valence-electron chi connectivity index (χ0n) is 26.1. The van der Waals surface area contributed by atoms with E-state index < -0.39 is 6.10 Å². The number of unbranched alkanes of at least 4 members (excludes halogenated alkanes) is 2. The van der Waals surface area contributed by atoms with Crippen molar-refractivity contribution >= 4 is 5.97 Å². The minimum Gasteiger partial charge on any atom is -0.459 e. The molecule has 0 radical (unpaired) electrons. The third-order valence-electron chi connectivity index (χ3n) is 9.68. The second-order valence-electron chi connectivity index (χ2n) is 12.8. The van der Waals surface area contributed by atoms with E-state index in [1.54, 1.807) is 0 Å². The Balaban J connectivity index is 1.09. The highest BCUT2D eigenvalue weighted by Gasteiger charge is 2.22. The third kappa shape index (κ3) is 9.52. The standard InChI is InChI=1S/C39H50O4/c1-2-3-6-11-30-16-20-33(21-17-30)34-22-18-31(19-23-34)28-42-43-38(36-14-9-5-10-15-36)29-41-39(40)37-26-24-35(25-27-37)32-12-7-4-8-13-32/h5,9-10,14-15,18-19,22-27,30,32-33,38H,2-4,6-8,11-13,16-17,20-21,28-29H2,1H3. The molecule has 2 fully saturated rings. The highest BCUT2D eigenvalue weighted by molar-refractivity contribution is 5.89.